The van der Waals surface area contributed by atoms with Crippen molar-refractivity contribution in [3.8, 4) is 11.6 Å². The summed E-state index contributed by atoms with van der Waals surface area (Å²) >= 11 is 0. The lowest BCUT2D eigenvalue weighted by atomic mass is 9.53. The predicted octanol–water partition coefficient (Wildman–Crippen LogP) is 5.30. The monoisotopic (exact) mass is 347 g/mol. The van der Waals surface area contributed by atoms with Crippen molar-refractivity contribution in [2.45, 2.75) is 51.4 Å². The van der Waals surface area contributed by atoms with Gasteiger partial charge in [0.1, 0.15) is 11.5 Å². The topological polar surface area (TPSA) is 39.2 Å². The normalized spacial score (nSPS) is 32.5. The first kappa shape index (κ1) is 16.0. The second-order valence-corrected chi connectivity index (χ2v) is 8.40. The van der Waals surface area contributed by atoms with Crippen LogP contribution in [-0.4, -0.2) is 10.8 Å². The van der Waals surface area contributed by atoms with E-state index in [1.807, 2.05) is 18.2 Å². The number of rotatable bonds is 2. The van der Waals surface area contributed by atoms with Crippen molar-refractivity contribution in [3.63, 3.8) is 0 Å². The number of ketones is 1. The molecule has 0 radical (unpaired) electrons. The van der Waals surface area contributed by atoms with Gasteiger partial charge in [-0.2, -0.15) is 0 Å². The van der Waals surface area contributed by atoms with Gasteiger partial charge in [0.05, 0.1) is 0 Å². The third kappa shape index (κ3) is 2.33. The van der Waals surface area contributed by atoms with Gasteiger partial charge in [-0.05, 0) is 79.2 Å². The zero-order valence-corrected chi connectivity index (χ0v) is 15.3. The van der Waals surface area contributed by atoms with E-state index in [2.05, 4.69) is 30.1 Å². The summed E-state index contributed by atoms with van der Waals surface area (Å²) < 4.78 is 5.92. The molecule has 2 aromatic rings. The lowest BCUT2D eigenvalue weighted by Crippen LogP contribution is -2.45. The number of aromatic nitrogens is 1. The molecule has 4 atom stereocenters. The van der Waals surface area contributed by atoms with Crippen LogP contribution in [0.3, 0.4) is 0 Å². The van der Waals surface area contributed by atoms with Gasteiger partial charge in [-0.25, -0.2) is 4.98 Å². The van der Waals surface area contributed by atoms with E-state index in [1.54, 1.807) is 6.20 Å². The van der Waals surface area contributed by atoms with Gasteiger partial charge in [0.2, 0.25) is 5.88 Å². The number of carbonyl (C=O) groups is 1. The zero-order chi connectivity index (χ0) is 17.7. The Labute approximate surface area is 154 Å². The predicted molar refractivity (Wildman–Crippen MR) is 100 cm³/mol. The highest BCUT2D eigenvalue weighted by Crippen LogP contribution is 2.60. The molecule has 2 fully saturated rings. The molecule has 5 rings (SSSR count). The molecule has 4 unspecified atom stereocenters. The number of hydrogen-bond donors (Lipinski definition) is 0. The summed E-state index contributed by atoms with van der Waals surface area (Å²) in [6.45, 7) is 2.27. The molecule has 0 bridgehead atoms. The molecule has 134 valence electrons. The van der Waals surface area contributed by atoms with Crippen molar-refractivity contribution in [2.75, 3.05) is 0 Å². The van der Waals surface area contributed by atoms with E-state index in [-0.39, 0.29) is 5.41 Å². The number of carbonyl (C=O) groups excluding carboxylic acids is 1. The fourth-order valence-electron chi connectivity index (χ4n) is 5.99. The van der Waals surface area contributed by atoms with Crippen molar-refractivity contribution in [1.29, 1.82) is 0 Å². The highest BCUT2D eigenvalue weighted by Gasteiger charge is 2.56. The van der Waals surface area contributed by atoms with Gasteiger partial charge in [0, 0.05) is 24.1 Å². The fraction of sp³-hybridized carbons (Fsp3) is 0.478. The Hall–Kier alpha value is -2.16. The molecule has 1 aromatic carbocycles. The van der Waals surface area contributed by atoms with Crippen molar-refractivity contribution < 1.29 is 9.53 Å². The van der Waals surface area contributed by atoms with Crippen molar-refractivity contribution in [3.05, 3.63) is 53.7 Å². The smallest absolute Gasteiger partial charge is 0.219 e. The van der Waals surface area contributed by atoms with E-state index in [1.165, 1.54) is 24.0 Å². The van der Waals surface area contributed by atoms with Gasteiger partial charge in [-0.1, -0.05) is 19.1 Å². The molecule has 2 saturated carbocycles. The van der Waals surface area contributed by atoms with E-state index >= 15 is 0 Å². The lowest BCUT2D eigenvalue weighted by Gasteiger charge is -2.49. The number of benzene rings is 1. The number of nitrogens with zero attached hydrogens (tertiary/aromatic N) is 1. The summed E-state index contributed by atoms with van der Waals surface area (Å²) in [5.41, 5.74) is 2.77. The van der Waals surface area contributed by atoms with Gasteiger partial charge in [-0.15, -0.1) is 0 Å². The van der Waals surface area contributed by atoms with E-state index < -0.39 is 0 Å². The largest absolute Gasteiger partial charge is 0.439 e. The third-order valence-electron chi connectivity index (χ3n) is 7.35. The van der Waals surface area contributed by atoms with Gasteiger partial charge in [-0.3, -0.25) is 4.79 Å². The Morgan fingerprint density at radius 2 is 2.00 bits per heavy atom. The molecule has 3 heteroatoms. The first-order valence-electron chi connectivity index (χ1n) is 9.91. The Morgan fingerprint density at radius 1 is 1.08 bits per heavy atom. The van der Waals surface area contributed by atoms with Crippen molar-refractivity contribution >= 4 is 5.78 Å². The van der Waals surface area contributed by atoms with E-state index in [9.17, 15) is 4.79 Å². The summed E-state index contributed by atoms with van der Waals surface area (Å²) in [5, 5.41) is 0. The molecule has 0 N–H and O–H groups in total. The van der Waals surface area contributed by atoms with Crippen LogP contribution in [0.4, 0.5) is 0 Å². The Bertz CT molecular complexity index is 847. The molecule has 0 aliphatic heterocycles. The maximum absolute atomic E-state index is 12.7. The molecule has 0 saturated heterocycles. The number of fused-ring (bicyclic) bond motifs is 5. The molecule has 1 aromatic heterocycles. The maximum atomic E-state index is 12.7. The molecule has 3 nitrogen and oxygen atoms in total. The van der Waals surface area contributed by atoms with E-state index in [4.69, 9.17) is 4.74 Å². The zero-order valence-electron chi connectivity index (χ0n) is 15.3. The Balaban J connectivity index is 1.45. The minimum absolute atomic E-state index is 0.0796. The van der Waals surface area contributed by atoms with Crippen LogP contribution in [0.5, 0.6) is 11.6 Å². The Morgan fingerprint density at radius 3 is 2.85 bits per heavy atom. The summed E-state index contributed by atoms with van der Waals surface area (Å²) in [6.07, 6.45) is 8.27. The van der Waals surface area contributed by atoms with Crippen LogP contribution in [0, 0.1) is 17.3 Å². The second kappa shape index (κ2) is 5.94. The van der Waals surface area contributed by atoms with Crippen LogP contribution in [0.2, 0.25) is 0 Å². The first-order chi connectivity index (χ1) is 12.7. The van der Waals surface area contributed by atoms with Crippen LogP contribution in [0.25, 0.3) is 0 Å². The molecule has 0 spiro atoms. The lowest BCUT2D eigenvalue weighted by molar-refractivity contribution is -0.132. The highest BCUT2D eigenvalue weighted by molar-refractivity contribution is 5.87. The van der Waals surface area contributed by atoms with Crippen molar-refractivity contribution in [2.24, 2.45) is 17.3 Å². The third-order valence-corrected chi connectivity index (χ3v) is 7.35. The number of ether oxygens (including phenoxy) is 1. The summed E-state index contributed by atoms with van der Waals surface area (Å²) in [7, 11) is 0. The first-order valence-corrected chi connectivity index (χ1v) is 9.91. The van der Waals surface area contributed by atoms with Crippen molar-refractivity contribution in [1.82, 2.24) is 4.98 Å². The maximum Gasteiger partial charge on any atom is 0.219 e. The van der Waals surface area contributed by atoms with E-state index in [0.717, 1.165) is 31.4 Å². The summed E-state index contributed by atoms with van der Waals surface area (Å²) in [6, 6.07) is 12.2. The van der Waals surface area contributed by atoms with Crippen LogP contribution in [0.1, 0.15) is 56.1 Å². The number of pyridine rings is 1. The second-order valence-electron chi connectivity index (χ2n) is 8.40. The standard InChI is InChI=1S/C23H25NO2/c1-23-16(7-12-21(23)25)6-9-19-18-10-8-17(14-15(18)5-11-20(19)23)26-22-4-2-3-13-24-22/h2-4,8,10,13-14,16,19-20H,5-7,9,11-12H2,1H3. The van der Waals surface area contributed by atoms with Crippen LogP contribution in [-0.2, 0) is 11.2 Å². The Kier molecular flexibility index (Phi) is 3.66. The number of aryl methyl sites for hydroxylation is 1. The molecule has 0 amide bonds. The number of hydrogen-bond acceptors (Lipinski definition) is 3. The van der Waals surface area contributed by atoms with Gasteiger partial charge < -0.3 is 4.74 Å². The SMILES string of the molecule is CC12C(=O)CCC1CCC1c3ccc(Oc4ccccn4)cc3CCC12. The molecular formula is C23H25NO2. The van der Waals surface area contributed by atoms with Crippen LogP contribution < -0.4 is 4.74 Å². The van der Waals surface area contributed by atoms with Gasteiger partial charge in [0.15, 0.2) is 0 Å². The molecule has 26 heavy (non-hydrogen) atoms. The minimum atomic E-state index is -0.0796. The van der Waals surface area contributed by atoms with E-state index in [0.29, 0.717) is 29.4 Å². The fourth-order valence-corrected chi connectivity index (χ4v) is 5.99. The summed E-state index contributed by atoms with van der Waals surface area (Å²) in [4.78, 5) is 17.0. The van der Waals surface area contributed by atoms with Crippen LogP contribution in [0.15, 0.2) is 42.6 Å². The molecule has 3 aliphatic rings. The van der Waals surface area contributed by atoms with Crippen LogP contribution >= 0.6 is 0 Å². The van der Waals surface area contributed by atoms with Gasteiger partial charge >= 0.3 is 0 Å². The number of Topliss-reactive ketones (excluding diaryl/α,β-unsaturated/α-hetero) is 1. The molecular weight excluding hydrogens is 322 g/mol. The molecule has 3 aliphatic carbocycles. The van der Waals surface area contributed by atoms with Gasteiger partial charge in [0.25, 0.3) is 0 Å². The average Bonchev–Trinajstić information content (AvgIpc) is 2.97. The average molecular weight is 347 g/mol. The quantitative estimate of drug-likeness (QED) is 0.740. The highest BCUT2D eigenvalue weighted by atomic mass is 16.5. The minimum Gasteiger partial charge on any atom is -0.439 e. The summed E-state index contributed by atoms with van der Waals surface area (Å²) in [5.74, 6) is 3.68. The molecule has 1 heterocycles.